The predicted octanol–water partition coefficient (Wildman–Crippen LogP) is 3.35. The molecule has 2 heterocycles. The molecule has 3 rings (SSSR count). The molecular formula is C17H15N3O. The maximum atomic E-state index is 5.20. The van der Waals surface area contributed by atoms with Crippen molar-refractivity contribution in [3.8, 4) is 22.8 Å². The molecule has 0 saturated carbocycles. The lowest BCUT2D eigenvalue weighted by Gasteiger charge is -2.07. The Morgan fingerprint density at radius 2 is 1.71 bits per heavy atom. The van der Waals surface area contributed by atoms with E-state index in [-0.39, 0.29) is 0 Å². The van der Waals surface area contributed by atoms with Crippen molar-refractivity contribution in [3.63, 3.8) is 0 Å². The van der Waals surface area contributed by atoms with Crippen LogP contribution in [0.3, 0.4) is 0 Å². The van der Waals surface area contributed by atoms with E-state index in [0.29, 0.717) is 12.4 Å². The molecule has 2 aromatic heterocycles. The average Bonchev–Trinajstić information content (AvgIpc) is 2.56. The summed E-state index contributed by atoms with van der Waals surface area (Å²) in [6, 6.07) is 17.6. The van der Waals surface area contributed by atoms with Crippen molar-refractivity contribution in [2.24, 2.45) is 0 Å². The smallest absolute Gasteiger partial charge is 0.160 e. The topological polar surface area (TPSA) is 47.9 Å². The summed E-state index contributed by atoms with van der Waals surface area (Å²) in [4.78, 5) is 13.5. The Balaban J connectivity index is 2.11. The molecule has 0 radical (unpaired) electrons. The number of methoxy groups -OCH3 is 1. The quantitative estimate of drug-likeness (QED) is 0.733. The van der Waals surface area contributed by atoms with E-state index in [1.807, 2.05) is 54.6 Å². The Bertz CT molecular complexity index is 657. The zero-order chi connectivity index (χ0) is 14.5. The fourth-order valence-electron chi connectivity index (χ4n) is 2.08. The third kappa shape index (κ3) is 3.12. The van der Waals surface area contributed by atoms with Gasteiger partial charge in [-0.3, -0.25) is 4.98 Å². The van der Waals surface area contributed by atoms with E-state index in [0.717, 1.165) is 22.6 Å². The first-order valence-electron chi connectivity index (χ1n) is 6.70. The largest absolute Gasteiger partial charge is 0.378 e. The van der Waals surface area contributed by atoms with Crippen LogP contribution in [0.5, 0.6) is 0 Å². The first-order chi connectivity index (χ1) is 10.4. The zero-order valence-corrected chi connectivity index (χ0v) is 11.7. The van der Waals surface area contributed by atoms with Crippen LogP contribution >= 0.6 is 0 Å². The number of hydrogen-bond acceptors (Lipinski definition) is 4. The molecule has 0 aliphatic rings. The average molecular weight is 277 g/mol. The predicted molar refractivity (Wildman–Crippen MR) is 81.4 cm³/mol. The molecule has 4 nitrogen and oxygen atoms in total. The summed E-state index contributed by atoms with van der Waals surface area (Å²) >= 11 is 0. The monoisotopic (exact) mass is 277 g/mol. The first-order valence-corrected chi connectivity index (χ1v) is 6.70. The van der Waals surface area contributed by atoms with Crippen LogP contribution in [0.25, 0.3) is 22.8 Å². The molecular weight excluding hydrogens is 262 g/mol. The molecule has 0 bridgehead atoms. The Labute approximate surface area is 123 Å². The Kier molecular flexibility index (Phi) is 3.98. The van der Waals surface area contributed by atoms with Crippen LogP contribution in [0.15, 0.2) is 60.8 Å². The number of rotatable bonds is 4. The fourth-order valence-corrected chi connectivity index (χ4v) is 2.08. The molecule has 3 aromatic rings. The van der Waals surface area contributed by atoms with Crippen LogP contribution in [0, 0.1) is 0 Å². The number of nitrogens with zero attached hydrogens (tertiary/aromatic N) is 3. The summed E-state index contributed by atoms with van der Waals surface area (Å²) in [6.45, 7) is 0.447. The highest BCUT2D eigenvalue weighted by Gasteiger charge is 2.09. The second-order valence-electron chi connectivity index (χ2n) is 4.58. The number of benzene rings is 1. The van der Waals surface area contributed by atoms with E-state index in [2.05, 4.69) is 15.0 Å². The molecule has 0 fully saturated rings. The van der Waals surface area contributed by atoms with Crippen molar-refractivity contribution in [2.45, 2.75) is 6.61 Å². The minimum atomic E-state index is 0.447. The third-order valence-electron chi connectivity index (χ3n) is 3.03. The van der Waals surface area contributed by atoms with Gasteiger partial charge in [0.25, 0.3) is 0 Å². The van der Waals surface area contributed by atoms with E-state index in [1.54, 1.807) is 13.3 Å². The summed E-state index contributed by atoms with van der Waals surface area (Å²) in [5.41, 5.74) is 3.45. The van der Waals surface area contributed by atoms with Gasteiger partial charge in [0, 0.05) is 18.9 Å². The highest BCUT2D eigenvalue weighted by atomic mass is 16.5. The maximum Gasteiger partial charge on any atom is 0.160 e. The molecule has 0 saturated heterocycles. The molecule has 0 unspecified atom stereocenters. The van der Waals surface area contributed by atoms with Crippen LogP contribution in [-0.4, -0.2) is 22.1 Å². The SMILES string of the molecule is COCc1cc(-c2ccccn2)nc(-c2ccccc2)n1. The van der Waals surface area contributed by atoms with Gasteiger partial charge in [-0.15, -0.1) is 0 Å². The summed E-state index contributed by atoms with van der Waals surface area (Å²) in [6.07, 6.45) is 1.76. The zero-order valence-electron chi connectivity index (χ0n) is 11.7. The van der Waals surface area contributed by atoms with E-state index < -0.39 is 0 Å². The van der Waals surface area contributed by atoms with Gasteiger partial charge in [-0.05, 0) is 18.2 Å². The minimum absolute atomic E-state index is 0.447. The number of hydrogen-bond donors (Lipinski definition) is 0. The van der Waals surface area contributed by atoms with Crippen LogP contribution in [0.2, 0.25) is 0 Å². The molecule has 0 aliphatic carbocycles. The molecule has 21 heavy (non-hydrogen) atoms. The van der Waals surface area contributed by atoms with Gasteiger partial charge >= 0.3 is 0 Å². The Morgan fingerprint density at radius 1 is 0.905 bits per heavy atom. The van der Waals surface area contributed by atoms with Crippen molar-refractivity contribution in [2.75, 3.05) is 7.11 Å². The molecule has 104 valence electrons. The number of ether oxygens (including phenoxy) is 1. The van der Waals surface area contributed by atoms with Crippen LogP contribution in [-0.2, 0) is 11.3 Å². The van der Waals surface area contributed by atoms with Gasteiger partial charge in [0.1, 0.15) is 0 Å². The minimum Gasteiger partial charge on any atom is -0.378 e. The second-order valence-corrected chi connectivity index (χ2v) is 4.58. The van der Waals surface area contributed by atoms with Crippen LogP contribution in [0.1, 0.15) is 5.69 Å². The van der Waals surface area contributed by atoms with E-state index in [1.165, 1.54) is 0 Å². The highest BCUT2D eigenvalue weighted by Crippen LogP contribution is 2.21. The summed E-state index contributed by atoms with van der Waals surface area (Å²) < 4.78 is 5.20. The van der Waals surface area contributed by atoms with Gasteiger partial charge in [0.05, 0.1) is 23.7 Å². The summed E-state index contributed by atoms with van der Waals surface area (Å²) in [5, 5.41) is 0. The van der Waals surface area contributed by atoms with Gasteiger partial charge in [-0.25, -0.2) is 9.97 Å². The fraction of sp³-hybridized carbons (Fsp3) is 0.118. The van der Waals surface area contributed by atoms with Crippen molar-refractivity contribution in [3.05, 3.63) is 66.5 Å². The maximum absolute atomic E-state index is 5.20. The van der Waals surface area contributed by atoms with Crippen molar-refractivity contribution < 1.29 is 4.74 Å². The molecule has 0 aliphatic heterocycles. The lowest BCUT2D eigenvalue weighted by Crippen LogP contribution is -2.00. The van der Waals surface area contributed by atoms with Crippen molar-refractivity contribution in [1.82, 2.24) is 15.0 Å². The summed E-state index contributed by atoms with van der Waals surface area (Å²) in [5.74, 6) is 0.686. The van der Waals surface area contributed by atoms with Crippen LogP contribution in [0.4, 0.5) is 0 Å². The Hall–Kier alpha value is -2.59. The van der Waals surface area contributed by atoms with Gasteiger partial charge in [0.2, 0.25) is 0 Å². The molecule has 0 N–H and O–H groups in total. The molecule has 0 amide bonds. The van der Waals surface area contributed by atoms with Gasteiger partial charge in [-0.1, -0.05) is 36.4 Å². The highest BCUT2D eigenvalue weighted by molar-refractivity contribution is 5.61. The summed E-state index contributed by atoms with van der Waals surface area (Å²) in [7, 11) is 1.66. The number of pyridine rings is 1. The number of aromatic nitrogens is 3. The van der Waals surface area contributed by atoms with E-state index in [4.69, 9.17) is 4.74 Å². The first kappa shape index (κ1) is 13.4. The molecule has 1 aromatic carbocycles. The van der Waals surface area contributed by atoms with Gasteiger partial charge in [0.15, 0.2) is 5.82 Å². The van der Waals surface area contributed by atoms with Crippen LogP contribution < -0.4 is 0 Å². The molecule has 4 heteroatoms. The van der Waals surface area contributed by atoms with E-state index in [9.17, 15) is 0 Å². The standard InChI is InChI=1S/C17H15N3O/c1-21-12-14-11-16(15-9-5-6-10-18-15)20-17(19-14)13-7-3-2-4-8-13/h2-11H,12H2,1H3. The molecule has 0 spiro atoms. The third-order valence-corrected chi connectivity index (χ3v) is 3.03. The van der Waals surface area contributed by atoms with Gasteiger partial charge < -0.3 is 4.74 Å². The lowest BCUT2D eigenvalue weighted by molar-refractivity contribution is 0.181. The lowest BCUT2D eigenvalue weighted by atomic mass is 10.2. The van der Waals surface area contributed by atoms with Gasteiger partial charge in [-0.2, -0.15) is 0 Å². The van der Waals surface area contributed by atoms with Crippen molar-refractivity contribution in [1.29, 1.82) is 0 Å². The normalized spacial score (nSPS) is 10.5. The second kappa shape index (κ2) is 6.24. The van der Waals surface area contributed by atoms with E-state index >= 15 is 0 Å². The Morgan fingerprint density at radius 3 is 2.43 bits per heavy atom. The molecule has 0 atom stereocenters. The van der Waals surface area contributed by atoms with Crippen molar-refractivity contribution >= 4 is 0 Å².